The van der Waals surface area contributed by atoms with Crippen molar-refractivity contribution in [1.82, 2.24) is 15.1 Å². The Morgan fingerprint density at radius 1 is 1.39 bits per heavy atom. The van der Waals surface area contributed by atoms with Gasteiger partial charge in [0.2, 0.25) is 0 Å². The molecular formula is C17H18ClN3OS. The number of thiophene rings is 1. The van der Waals surface area contributed by atoms with Crippen molar-refractivity contribution in [2.45, 2.75) is 26.3 Å². The van der Waals surface area contributed by atoms with Crippen molar-refractivity contribution >= 4 is 39.1 Å². The predicted octanol–water partition coefficient (Wildman–Crippen LogP) is 4.48. The van der Waals surface area contributed by atoms with Gasteiger partial charge >= 0.3 is 0 Å². The Balaban J connectivity index is 1.83. The summed E-state index contributed by atoms with van der Waals surface area (Å²) in [6.45, 7) is 4.01. The molecular weight excluding hydrogens is 330 g/mol. The van der Waals surface area contributed by atoms with E-state index < -0.39 is 0 Å². The van der Waals surface area contributed by atoms with Gasteiger partial charge < -0.3 is 5.32 Å². The third kappa shape index (κ3) is 3.12. The van der Waals surface area contributed by atoms with Gasteiger partial charge in [0, 0.05) is 17.5 Å². The molecule has 1 amide bonds. The van der Waals surface area contributed by atoms with Gasteiger partial charge in [-0.15, -0.1) is 11.3 Å². The van der Waals surface area contributed by atoms with Gasteiger partial charge in [0.1, 0.15) is 4.83 Å². The largest absolute Gasteiger partial charge is 0.345 e. The monoisotopic (exact) mass is 347 g/mol. The van der Waals surface area contributed by atoms with E-state index in [1.165, 1.54) is 11.3 Å². The lowest BCUT2D eigenvalue weighted by atomic mass is 10.0. The number of halogens is 1. The van der Waals surface area contributed by atoms with Gasteiger partial charge in [0.05, 0.1) is 16.6 Å². The van der Waals surface area contributed by atoms with E-state index in [9.17, 15) is 4.79 Å². The smallest absolute Gasteiger partial charge is 0.261 e. The molecule has 120 valence electrons. The molecule has 3 rings (SSSR count). The number of aromatic nitrogens is 2. The Labute approximate surface area is 144 Å². The zero-order valence-corrected chi connectivity index (χ0v) is 14.8. The van der Waals surface area contributed by atoms with E-state index in [-0.39, 0.29) is 11.9 Å². The minimum Gasteiger partial charge on any atom is -0.345 e. The van der Waals surface area contributed by atoms with Crippen LogP contribution >= 0.6 is 22.9 Å². The third-order valence-corrected chi connectivity index (χ3v) is 5.36. The summed E-state index contributed by atoms with van der Waals surface area (Å²) >= 11 is 7.40. The molecule has 0 aliphatic heterocycles. The molecule has 1 N–H and O–H groups in total. The number of hydrogen-bond acceptors (Lipinski definition) is 3. The van der Waals surface area contributed by atoms with Crippen LogP contribution in [-0.4, -0.2) is 15.7 Å². The normalized spacial score (nSPS) is 12.5. The van der Waals surface area contributed by atoms with Crippen molar-refractivity contribution in [2.75, 3.05) is 0 Å². The van der Waals surface area contributed by atoms with E-state index in [4.69, 9.17) is 11.6 Å². The van der Waals surface area contributed by atoms with Gasteiger partial charge in [-0.1, -0.05) is 30.7 Å². The van der Waals surface area contributed by atoms with E-state index in [1.807, 2.05) is 49.0 Å². The number of benzene rings is 1. The minimum atomic E-state index is -0.0487. The third-order valence-electron chi connectivity index (χ3n) is 3.91. The van der Waals surface area contributed by atoms with E-state index in [0.29, 0.717) is 9.90 Å². The molecule has 2 aromatic heterocycles. The number of carbonyl (C=O) groups excluding carboxylic acids is 1. The molecule has 6 heteroatoms. The van der Waals surface area contributed by atoms with Crippen molar-refractivity contribution in [3.8, 4) is 0 Å². The highest BCUT2D eigenvalue weighted by molar-refractivity contribution is 7.20. The van der Waals surface area contributed by atoms with Crippen LogP contribution in [0.5, 0.6) is 0 Å². The molecule has 4 nitrogen and oxygen atoms in total. The van der Waals surface area contributed by atoms with Gasteiger partial charge in [0.15, 0.2) is 0 Å². The van der Waals surface area contributed by atoms with Gasteiger partial charge in [-0.3, -0.25) is 9.48 Å². The Morgan fingerprint density at radius 3 is 2.70 bits per heavy atom. The fourth-order valence-corrected chi connectivity index (χ4v) is 3.81. The summed E-state index contributed by atoms with van der Waals surface area (Å²) in [5, 5.41) is 9.21. The van der Waals surface area contributed by atoms with E-state index in [0.717, 1.165) is 27.9 Å². The number of amides is 1. The topological polar surface area (TPSA) is 46.9 Å². The number of hydrogen-bond donors (Lipinski definition) is 1. The van der Waals surface area contributed by atoms with Crippen LogP contribution in [0.4, 0.5) is 0 Å². The first-order chi connectivity index (χ1) is 11.0. The van der Waals surface area contributed by atoms with E-state index in [2.05, 4.69) is 17.3 Å². The first-order valence-electron chi connectivity index (χ1n) is 7.49. The summed E-state index contributed by atoms with van der Waals surface area (Å²) in [5.41, 5.74) is 2.01. The average molecular weight is 348 g/mol. The molecule has 2 heterocycles. The second-order valence-electron chi connectivity index (χ2n) is 5.52. The lowest BCUT2D eigenvalue weighted by molar-refractivity contribution is 0.0940. The van der Waals surface area contributed by atoms with Crippen LogP contribution in [0.2, 0.25) is 5.02 Å². The van der Waals surface area contributed by atoms with Crippen molar-refractivity contribution in [3.05, 3.63) is 51.5 Å². The molecule has 0 fully saturated rings. The van der Waals surface area contributed by atoms with Crippen molar-refractivity contribution in [3.63, 3.8) is 0 Å². The maximum absolute atomic E-state index is 12.6. The SMILES string of the molecule is CC[C@@H](NC(=O)c1cc2c(C)nn(C)c2s1)c1ccc(Cl)cc1. The first kappa shape index (κ1) is 16.0. The van der Waals surface area contributed by atoms with Gasteiger partial charge in [-0.05, 0) is 37.1 Å². The number of nitrogens with one attached hydrogen (secondary N) is 1. The second-order valence-corrected chi connectivity index (χ2v) is 6.99. The quantitative estimate of drug-likeness (QED) is 0.756. The molecule has 0 saturated carbocycles. The second kappa shape index (κ2) is 6.34. The number of carbonyl (C=O) groups is 1. The maximum Gasteiger partial charge on any atom is 0.261 e. The Morgan fingerprint density at radius 2 is 2.09 bits per heavy atom. The van der Waals surface area contributed by atoms with Crippen LogP contribution in [0.1, 0.15) is 40.3 Å². The lowest BCUT2D eigenvalue weighted by Crippen LogP contribution is -2.27. The first-order valence-corrected chi connectivity index (χ1v) is 8.68. The number of aryl methyl sites for hydroxylation is 2. The fourth-order valence-electron chi connectivity index (χ4n) is 2.66. The van der Waals surface area contributed by atoms with Gasteiger partial charge in [0.25, 0.3) is 5.91 Å². The maximum atomic E-state index is 12.6. The summed E-state index contributed by atoms with van der Waals surface area (Å²) in [5.74, 6) is -0.0487. The van der Waals surface area contributed by atoms with Crippen LogP contribution in [0, 0.1) is 6.92 Å². The highest BCUT2D eigenvalue weighted by atomic mass is 35.5. The Hall–Kier alpha value is -1.85. The number of fused-ring (bicyclic) bond motifs is 1. The van der Waals surface area contributed by atoms with Gasteiger partial charge in [-0.25, -0.2) is 0 Å². The summed E-state index contributed by atoms with van der Waals surface area (Å²) in [6.07, 6.45) is 0.818. The van der Waals surface area contributed by atoms with Gasteiger partial charge in [-0.2, -0.15) is 5.10 Å². The molecule has 1 aromatic carbocycles. The zero-order chi connectivity index (χ0) is 16.6. The van der Waals surface area contributed by atoms with E-state index in [1.54, 1.807) is 0 Å². The highest BCUT2D eigenvalue weighted by Gasteiger charge is 2.18. The average Bonchev–Trinajstić information content (AvgIpc) is 3.08. The Bertz CT molecular complexity index is 816. The minimum absolute atomic E-state index is 0.0239. The molecule has 0 aliphatic rings. The molecule has 0 bridgehead atoms. The zero-order valence-electron chi connectivity index (χ0n) is 13.3. The molecule has 0 spiro atoms. The van der Waals surface area contributed by atoms with E-state index >= 15 is 0 Å². The molecule has 0 unspecified atom stereocenters. The lowest BCUT2D eigenvalue weighted by Gasteiger charge is -2.17. The molecule has 23 heavy (non-hydrogen) atoms. The van der Waals surface area contributed by atoms with Crippen LogP contribution in [0.3, 0.4) is 0 Å². The molecule has 3 aromatic rings. The van der Waals surface area contributed by atoms with Crippen LogP contribution in [0.15, 0.2) is 30.3 Å². The summed E-state index contributed by atoms with van der Waals surface area (Å²) in [7, 11) is 1.90. The number of nitrogens with zero attached hydrogens (tertiary/aromatic N) is 2. The summed E-state index contributed by atoms with van der Waals surface area (Å²) < 4.78 is 1.82. The van der Waals surface area contributed by atoms with Crippen LogP contribution in [0.25, 0.3) is 10.2 Å². The standard InChI is InChI=1S/C17H18ClN3OS/c1-4-14(11-5-7-12(18)8-6-11)19-16(22)15-9-13-10(2)20-21(3)17(13)23-15/h5-9,14H,4H2,1-3H3,(H,19,22)/t14-/m1/s1. The van der Waals surface area contributed by atoms with Crippen LogP contribution in [-0.2, 0) is 7.05 Å². The van der Waals surface area contributed by atoms with Crippen LogP contribution < -0.4 is 5.32 Å². The predicted molar refractivity (Wildman–Crippen MR) is 95.3 cm³/mol. The Kier molecular flexibility index (Phi) is 4.41. The summed E-state index contributed by atoms with van der Waals surface area (Å²) in [6, 6.07) is 9.50. The van der Waals surface area contributed by atoms with Crippen molar-refractivity contribution in [2.24, 2.45) is 7.05 Å². The molecule has 1 atom stereocenters. The fraction of sp³-hybridized carbons (Fsp3) is 0.294. The number of rotatable bonds is 4. The molecule has 0 aliphatic carbocycles. The van der Waals surface area contributed by atoms with Crippen molar-refractivity contribution in [1.29, 1.82) is 0 Å². The highest BCUT2D eigenvalue weighted by Crippen LogP contribution is 2.28. The summed E-state index contributed by atoms with van der Waals surface area (Å²) in [4.78, 5) is 14.3. The van der Waals surface area contributed by atoms with Crippen molar-refractivity contribution < 1.29 is 4.79 Å². The molecule has 0 radical (unpaired) electrons. The molecule has 0 saturated heterocycles.